The third-order valence-electron chi connectivity index (χ3n) is 3.27. The molecule has 1 heterocycles. The highest BCUT2D eigenvalue weighted by atomic mass is 16.5. The summed E-state index contributed by atoms with van der Waals surface area (Å²) in [5, 5.41) is 14.0. The first-order valence-electron chi connectivity index (χ1n) is 8.12. The van der Waals surface area contributed by atoms with Crippen LogP contribution in [0, 0.1) is 0 Å². The molecule has 0 saturated heterocycles. The second-order valence-electron chi connectivity index (χ2n) is 5.13. The Kier molecular flexibility index (Phi) is 9.12. The lowest BCUT2D eigenvalue weighted by Crippen LogP contribution is -2.33. The molecular formula is C17H28N4O2. The Balaban J connectivity index is 0.000000816. The molecule has 0 spiro atoms. The molecule has 128 valence electrons. The fourth-order valence-corrected chi connectivity index (χ4v) is 2.09. The van der Waals surface area contributed by atoms with Gasteiger partial charge in [-0.2, -0.15) is 4.98 Å². The van der Waals surface area contributed by atoms with Gasteiger partial charge in [-0.25, -0.2) is 0 Å². The lowest BCUT2D eigenvalue weighted by molar-refractivity contribution is 0.110. The molecule has 1 aromatic heterocycles. The van der Waals surface area contributed by atoms with Crippen LogP contribution in [-0.4, -0.2) is 52.4 Å². The lowest BCUT2D eigenvalue weighted by atomic mass is 10.2. The molecule has 0 radical (unpaired) electrons. The molecule has 2 rings (SSSR count). The van der Waals surface area contributed by atoms with Gasteiger partial charge in [0.25, 0.3) is 0 Å². The van der Waals surface area contributed by atoms with Gasteiger partial charge in [0, 0.05) is 12.1 Å². The van der Waals surface area contributed by atoms with Gasteiger partial charge in [-0.15, -0.1) is 0 Å². The second-order valence-corrected chi connectivity index (χ2v) is 5.13. The van der Waals surface area contributed by atoms with Gasteiger partial charge in [-0.05, 0) is 19.6 Å². The van der Waals surface area contributed by atoms with E-state index >= 15 is 0 Å². The normalized spacial score (nSPS) is 11.9. The molecule has 0 aliphatic carbocycles. The van der Waals surface area contributed by atoms with E-state index in [4.69, 9.17) is 10.3 Å². The van der Waals surface area contributed by atoms with Crippen LogP contribution in [0.5, 0.6) is 0 Å². The lowest BCUT2D eigenvalue weighted by Gasteiger charge is -2.20. The van der Waals surface area contributed by atoms with Crippen LogP contribution in [0.2, 0.25) is 0 Å². The van der Waals surface area contributed by atoms with E-state index in [0.717, 1.165) is 25.2 Å². The first kappa shape index (κ1) is 19.3. The van der Waals surface area contributed by atoms with Gasteiger partial charge < -0.3 is 20.3 Å². The molecule has 1 aromatic carbocycles. The number of benzene rings is 1. The Morgan fingerprint density at radius 1 is 1.17 bits per heavy atom. The predicted molar refractivity (Wildman–Crippen MR) is 92.0 cm³/mol. The van der Waals surface area contributed by atoms with Crippen LogP contribution in [0.25, 0.3) is 11.4 Å². The largest absolute Gasteiger partial charge is 0.391 e. The van der Waals surface area contributed by atoms with Crippen molar-refractivity contribution in [2.75, 3.05) is 26.2 Å². The smallest absolute Gasteiger partial charge is 0.229 e. The minimum absolute atomic E-state index is 0.385. The zero-order chi connectivity index (χ0) is 17.1. The van der Waals surface area contributed by atoms with Gasteiger partial charge in [0.05, 0.1) is 12.5 Å². The topological polar surface area (TPSA) is 88.4 Å². The fourth-order valence-electron chi connectivity index (χ4n) is 2.09. The molecule has 23 heavy (non-hydrogen) atoms. The van der Waals surface area contributed by atoms with Crippen LogP contribution in [-0.2, 0) is 6.42 Å². The van der Waals surface area contributed by atoms with Crippen molar-refractivity contribution in [3.63, 3.8) is 0 Å². The molecule has 3 N–H and O–H groups in total. The summed E-state index contributed by atoms with van der Waals surface area (Å²) in [6, 6.07) is 9.67. The van der Waals surface area contributed by atoms with E-state index in [2.05, 4.69) is 28.9 Å². The highest BCUT2D eigenvalue weighted by Crippen LogP contribution is 2.15. The maximum absolute atomic E-state index is 10.0. The number of hydrogen-bond donors (Lipinski definition) is 2. The Hall–Kier alpha value is -1.76. The molecule has 0 bridgehead atoms. The monoisotopic (exact) mass is 320 g/mol. The highest BCUT2D eigenvalue weighted by molar-refractivity contribution is 5.53. The summed E-state index contributed by atoms with van der Waals surface area (Å²) in [4.78, 5) is 6.49. The van der Waals surface area contributed by atoms with E-state index in [1.54, 1.807) is 0 Å². The number of nitrogens with two attached hydrogens (primary N) is 1. The van der Waals surface area contributed by atoms with E-state index < -0.39 is 6.10 Å². The Labute approximate surface area is 138 Å². The number of rotatable bonds is 7. The molecule has 6 nitrogen and oxygen atoms in total. The van der Waals surface area contributed by atoms with Gasteiger partial charge in [-0.1, -0.05) is 56.3 Å². The van der Waals surface area contributed by atoms with Crippen molar-refractivity contribution in [1.82, 2.24) is 15.0 Å². The van der Waals surface area contributed by atoms with Crippen LogP contribution in [0.1, 0.15) is 26.7 Å². The van der Waals surface area contributed by atoms with Crippen LogP contribution in [0.3, 0.4) is 0 Å². The molecule has 0 fully saturated rings. The molecular weight excluding hydrogens is 292 g/mol. The van der Waals surface area contributed by atoms with Crippen LogP contribution < -0.4 is 5.73 Å². The Morgan fingerprint density at radius 3 is 2.35 bits per heavy atom. The third kappa shape index (κ3) is 6.90. The summed E-state index contributed by atoms with van der Waals surface area (Å²) in [6.07, 6.45) is -0.102. The molecule has 0 amide bonds. The van der Waals surface area contributed by atoms with Crippen molar-refractivity contribution < 1.29 is 9.63 Å². The standard InChI is InChI=1S/C15H21N3O2.C2H7N/c1-3-18(4-2)11-13(19)10-14-16-15(17-20-14)12-8-6-5-7-9-12;1-2-3/h5-9,13,19H,3-4,10-11H2,1-2H3;2-3H2,1H3. The van der Waals surface area contributed by atoms with E-state index in [1.807, 2.05) is 37.3 Å². The molecule has 0 aliphatic rings. The Bertz CT molecular complexity index is 526. The average molecular weight is 320 g/mol. The van der Waals surface area contributed by atoms with Crippen molar-refractivity contribution in [2.45, 2.75) is 33.3 Å². The summed E-state index contributed by atoms with van der Waals surface area (Å²) in [6.45, 7) is 9.28. The van der Waals surface area contributed by atoms with Crippen LogP contribution >= 0.6 is 0 Å². The SMILES string of the molecule is CCN.CCN(CC)CC(O)Cc1nc(-c2ccccc2)no1. The van der Waals surface area contributed by atoms with Crippen LogP contribution in [0.15, 0.2) is 34.9 Å². The zero-order valence-electron chi connectivity index (χ0n) is 14.3. The van der Waals surface area contributed by atoms with E-state index in [9.17, 15) is 5.11 Å². The number of aliphatic hydroxyl groups is 1. The maximum Gasteiger partial charge on any atom is 0.229 e. The average Bonchev–Trinajstić information content (AvgIpc) is 3.02. The van der Waals surface area contributed by atoms with E-state index in [1.165, 1.54) is 0 Å². The van der Waals surface area contributed by atoms with Crippen molar-refractivity contribution in [3.05, 3.63) is 36.2 Å². The molecule has 1 atom stereocenters. The first-order chi connectivity index (χ1) is 11.1. The van der Waals surface area contributed by atoms with E-state index in [0.29, 0.717) is 24.7 Å². The van der Waals surface area contributed by atoms with Crippen molar-refractivity contribution in [2.24, 2.45) is 5.73 Å². The minimum Gasteiger partial charge on any atom is -0.391 e. The minimum atomic E-state index is -0.487. The van der Waals surface area contributed by atoms with Gasteiger partial charge in [0.15, 0.2) is 0 Å². The van der Waals surface area contributed by atoms with Crippen LogP contribution in [0.4, 0.5) is 0 Å². The van der Waals surface area contributed by atoms with Gasteiger partial charge in [0.1, 0.15) is 0 Å². The van der Waals surface area contributed by atoms with E-state index in [-0.39, 0.29) is 0 Å². The van der Waals surface area contributed by atoms with Gasteiger partial charge >= 0.3 is 0 Å². The summed E-state index contributed by atoms with van der Waals surface area (Å²) in [5.74, 6) is 1.04. The van der Waals surface area contributed by atoms with Gasteiger partial charge in [0.2, 0.25) is 11.7 Å². The second kappa shape index (κ2) is 10.9. The summed E-state index contributed by atoms with van der Waals surface area (Å²) in [5.41, 5.74) is 5.76. The summed E-state index contributed by atoms with van der Waals surface area (Å²) >= 11 is 0. The Morgan fingerprint density at radius 2 is 1.78 bits per heavy atom. The first-order valence-corrected chi connectivity index (χ1v) is 8.12. The maximum atomic E-state index is 10.0. The molecule has 0 saturated carbocycles. The summed E-state index contributed by atoms with van der Waals surface area (Å²) in [7, 11) is 0. The fraction of sp³-hybridized carbons (Fsp3) is 0.529. The molecule has 0 aliphatic heterocycles. The highest BCUT2D eigenvalue weighted by Gasteiger charge is 2.15. The number of likely N-dealkylation sites (N-methyl/N-ethyl adjacent to an activating group) is 1. The van der Waals surface area contributed by atoms with Gasteiger partial charge in [-0.3, -0.25) is 0 Å². The van der Waals surface area contributed by atoms with Crippen molar-refractivity contribution in [1.29, 1.82) is 0 Å². The third-order valence-corrected chi connectivity index (χ3v) is 3.27. The van der Waals surface area contributed by atoms with Crippen molar-refractivity contribution >= 4 is 0 Å². The predicted octanol–water partition coefficient (Wildman–Crippen LogP) is 1.95. The number of hydrogen-bond acceptors (Lipinski definition) is 6. The molecule has 1 unspecified atom stereocenters. The van der Waals surface area contributed by atoms with Crippen molar-refractivity contribution in [3.8, 4) is 11.4 Å². The number of aromatic nitrogens is 2. The number of aliphatic hydroxyl groups excluding tert-OH is 1. The molecule has 6 heteroatoms. The zero-order valence-corrected chi connectivity index (χ0v) is 14.3. The number of nitrogens with zero attached hydrogens (tertiary/aromatic N) is 3. The summed E-state index contributed by atoms with van der Waals surface area (Å²) < 4.78 is 5.20. The molecule has 2 aromatic rings. The quantitative estimate of drug-likeness (QED) is 0.810.